The van der Waals surface area contributed by atoms with Gasteiger partial charge in [0.2, 0.25) is 0 Å². The van der Waals surface area contributed by atoms with Crippen molar-refractivity contribution in [2.45, 2.75) is 60.4 Å². The monoisotopic (exact) mass is 342 g/mol. The van der Waals surface area contributed by atoms with Gasteiger partial charge in [-0.1, -0.05) is 36.8 Å². The molecule has 0 spiro atoms. The van der Waals surface area contributed by atoms with E-state index in [1.54, 1.807) is 6.92 Å². The van der Waals surface area contributed by atoms with Gasteiger partial charge >= 0.3 is 5.90 Å². The zero-order chi connectivity index (χ0) is 18.6. The second-order valence-corrected chi connectivity index (χ2v) is 7.62. The van der Waals surface area contributed by atoms with Crippen molar-refractivity contribution in [2.24, 2.45) is 11.8 Å². The molecule has 1 aromatic rings. The summed E-state index contributed by atoms with van der Waals surface area (Å²) in [5.41, 5.74) is 2.19. The molecule has 1 aromatic carbocycles. The van der Waals surface area contributed by atoms with Crippen LogP contribution in [-0.4, -0.2) is 28.8 Å². The predicted molar refractivity (Wildman–Crippen MR) is 104 cm³/mol. The number of carbonyl (C=O) groups excluding carboxylic acids is 1. The van der Waals surface area contributed by atoms with Crippen molar-refractivity contribution < 1.29 is 14.1 Å². The average Bonchev–Trinajstić information content (AvgIpc) is 2.55. The van der Waals surface area contributed by atoms with Crippen molar-refractivity contribution in [1.29, 1.82) is 0 Å². The summed E-state index contributed by atoms with van der Waals surface area (Å²) in [6.45, 7) is 13.4. The number of benzene rings is 1. The smallest absolute Gasteiger partial charge is 0.344 e. The molecular formula is C22H32NO2+. The number of rotatable bonds is 4. The molecule has 0 amide bonds. The summed E-state index contributed by atoms with van der Waals surface area (Å²) >= 11 is 0. The van der Waals surface area contributed by atoms with Crippen LogP contribution in [0.15, 0.2) is 30.0 Å². The molecule has 2 unspecified atom stereocenters. The Balaban J connectivity index is 2.37. The summed E-state index contributed by atoms with van der Waals surface area (Å²) in [4.78, 5) is 12.2. The van der Waals surface area contributed by atoms with Crippen LogP contribution < -0.4 is 0 Å². The van der Waals surface area contributed by atoms with Crippen LogP contribution in [0.25, 0.3) is 6.08 Å². The minimum atomic E-state index is -0.0450. The summed E-state index contributed by atoms with van der Waals surface area (Å²) in [7, 11) is 0. The molecule has 1 fully saturated rings. The zero-order valence-electron chi connectivity index (χ0n) is 16.5. The lowest BCUT2D eigenvalue weighted by molar-refractivity contribution is -0.589. The van der Waals surface area contributed by atoms with Crippen molar-refractivity contribution in [3.05, 3.63) is 41.2 Å². The largest absolute Gasteiger partial charge is 0.405 e. The SMILES string of the molecule is CC(=O)/C(=C\c1ccc(C)cc1)OC(C(C)C)=[N+]1CCCC(C)C1C. The first kappa shape index (κ1) is 19.4. The van der Waals surface area contributed by atoms with Crippen LogP contribution in [0.5, 0.6) is 0 Å². The Morgan fingerprint density at radius 2 is 1.88 bits per heavy atom. The van der Waals surface area contributed by atoms with Gasteiger partial charge in [0.25, 0.3) is 0 Å². The van der Waals surface area contributed by atoms with Gasteiger partial charge in [-0.15, -0.1) is 0 Å². The number of Topliss-reactive ketones (excluding diaryl/α,β-unsaturated/α-hetero) is 1. The van der Waals surface area contributed by atoms with Gasteiger partial charge in [-0.25, -0.2) is 0 Å². The van der Waals surface area contributed by atoms with Gasteiger partial charge < -0.3 is 4.74 Å². The lowest BCUT2D eigenvalue weighted by atomic mass is 9.93. The van der Waals surface area contributed by atoms with Gasteiger partial charge in [0.05, 0.1) is 5.92 Å². The first-order chi connectivity index (χ1) is 11.8. The fraction of sp³-hybridized carbons (Fsp3) is 0.545. The minimum absolute atomic E-state index is 0.0450. The molecule has 1 heterocycles. The fourth-order valence-electron chi connectivity index (χ4n) is 3.28. The van der Waals surface area contributed by atoms with Gasteiger partial charge in [-0.3, -0.25) is 4.79 Å². The third-order valence-corrected chi connectivity index (χ3v) is 5.09. The first-order valence-corrected chi connectivity index (χ1v) is 9.40. The Bertz CT molecular complexity index is 668. The molecule has 0 aliphatic carbocycles. The molecule has 136 valence electrons. The van der Waals surface area contributed by atoms with Crippen LogP contribution in [-0.2, 0) is 9.53 Å². The maximum Gasteiger partial charge on any atom is 0.344 e. The predicted octanol–water partition coefficient (Wildman–Crippen LogP) is 4.83. The summed E-state index contributed by atoms with van der Waals surface area (Å²) in [6.07, 6.45) is 4.27. The fourth-order valence-corrected chi connectivity index (χ4v) is 3.28. The quantitative estimate of drug-likeness (QED) is 0.339. The van der Waals surface area contributed by atoms with Crippen molar-refractivity contribution >= 4 is 17.8 Å². The number of nitrogens with zero attached hydrogens (tertiary/aromatic N) is 1. The number of ketones is 1. The van der Waals surface area contributed by atoms with Gasteiger partial charge in [0, 0.05) is 19.3 Å². The standard InChI is InChI=1S/C22H32NO2/c1-15(2)22(23-13-7-8-17(4)18(23)5)25-21(19(6)24)14-20-11-9-16(3)10-12-20/h9-12,14-15,17-18H,7-8,13H2,1-6H3/q+1/b21-14+,23-22?. The third kappa shape index (κ3) is 5.04. The molecule has 1 aliphatic heterocycles. The second kappa shape index (κ2) is 8.46. The van der Waals surface area contributed by atoms with E-state index in [0.29, 0.717) is 17.7 Å². The maximum atomic E-state index is 12.2. The van der Waals surface area contributed by atoms with Gasteiger partial charge in [-0.05, 0) is 45.8 Å². The van der Waals surface area contributed by atoms with Crippen LogP contribution in [0, 0.1) is 18.8 Å². The lowest BCUT2D eigenvalue weighted by Crippen LogP contribution is -2.41. The van der Waals surface area contributed by atoms with Crippen molar-refractivity contribution in [1.82, 2.24) is 0 Å². The number of ether oxygens (including phenoxy) is 1. The van der Waals surface area contributed by atoms with Crippen LogP contribution in [0.3, 0.4) is 0 Å². The van der Waals surface area contributed by atoms with Gasteiger partial charge in [0.1, 0.15) is 6.54 Å². The number of piperidine rings is 1. The molecule has 0 bridgehead atoms. The van der Waals surface area contributed by atoms with Gasteiger partial charge in [0.15, 0.2) is 17.6 Å². The highest BCUT2D eigenvalue weighted by molar-refractivity contribution is 5.98. The van der Waals surface area contributed by atoms with E-state index >= 15 is 0 Å². The van der Waals surface area contributed by atoms with Gasteiger partial charge in [-0.2, -0.15) is 4.58 Å². The molecule has 0 aromatic heterocycles. The van der Waals surface area contributed by atoms with E-state index in [2.05, 4.69) is 39.2 Å². The third-order valence-electron chi connectivity index (χ3n) is 5.09. The second-order valence-electron chi connectivity index (χ2n) is 7.62. The Labute approximate surface area is 152 Å². The van der Waals surface area contributed by atoms with Crippen molar-refractivity contribution in [3.63, 3.8) is 0 Å². The van der Waals surface area contributed by atoms with E-state index in [4.69, 9.17) is 4.74 Å². The molecule has 25 heavy (non-hydrogen) atoms. The highest BCUT2D eigenvalue weighted by Crippen LogP contribution is 2.22. The van der Waals surface area contributed by atoms with Crippen LogP contribution in [0.1, 0.15) is 58.6 Å². The van der Waals surface area contributed by atoms with E-state index in [1.807, 2.05) is 30.3 Å². The Morgan fingerprint density at radius 3 is 2.44 bits per heavy atom. The summed E-state index contributed by atoms with van der Waals surface area (Å²) < 4.78 is 8.57. The normalized spacial score (nSPS) is 23.6. The highest BCUT2D eigenvalue weighted by atomic mass is 16.5. The molecule has 0 saturated carbocycles. The molecule has 1 saturated heterocycles. The van der Waals surface area contributed by atoms with E-state index in [1.165, 1.54) is 18.4 Å². The van der Waals surface area contributed by atoms with Crippen LogP contribution in [0.2, 0.25) is 0 Å². The van der Waals surface area contributed by atoms with E-state index < -0.39 is 0 Å². The van der Waals surface area contributed by atoms with Crippen LogP contribution in [0.4, 0.5) is 0 Å². The molecule has 0 N–H and O–H groups in total. The Kier molecular flexibility index (Phi) is 6.57. The minimum Gasteiger partial charge on any atom is -0.405 e. The Morgan fingerprint density at radius 1 is 1.24 bits per heavy atom. The highest BCUT2D eigenvalue weighted by Gasteiger charge is 2.33. The molecule has 2 atom stereocenters. The van der Waals surface area contributed by atoms with Crippen molar-refractivity contribution in [3.8, 4) is 0 Å². The number of carbonyl (C=O) groups is 1. The van der Waals surface area contributed by atoms with E-state index in [0.717, 1.165) is 18.0 Å². The van der Waals surface area contributed by atoms with E-state index in [9.17, 15) is 4.79 Å². The molecule has 0 radical (unpaired) electrons. The molecule has 3 nitrogen and oxygen atoms in total. The molecule has 3 heteroatoms. The first-order valence-electron chi connectivity index (χ1n) is 9.40. The summed E-state index contributed by atoms with van der Waals surface area (Å²) in [6, 6.07) is 8.56. The average molecular weight is 343 g/mol. The molecule has 1 aliphatic rings. The molecular weight excluding hydrogens is 310 g/mol. The summed E-state index contributed by atoms with van der Waals surface area (Å²) in [5, 5.41) is 0. The number of hydrogen-bond donors (Lipinski definition) is 0. The van der Waals surface area contributed by atoms with Crippen molar-refractivity contribution in [2.75, 3.05) is 6.54 Å². The zero-order valence-corrected chi connectivity index (χ0v) is 16.5. The van der Waals surface area contributed by atoms with Crippen LogP contribution >= 0.6 is 0 Å². The van der Waals surface area contributed by atoms with E-state index in [-0.39, 0.29) is 11.7 Å². The number of aryl methyl sites for hydroxylation is 1. The molecule has 2 rings (SSSR count). The number of hydrogen-bond acceptors (Lipinski definition) is 2. The Hall–Kier alpha value is -1.90. The number of allylic oxidation sites excluding steroid dienone is 1. The topological polar surface area (TPSA) is 29.3 Å². The lowest BCUT2D eigenvalue weighted by Gasteiger charge is -2.26. The summed E-state index contributed by atoms with van der Waals surface area (Å²) in [5.74, 6) is 2.14. The maximum absolute atomic E-state index is 12.2.